The molecule has 0 aromatic heterocycles. The lowest BCUT2D eigenvalue weighted by Gasteiger charge is -2.07. The van der Waals surface area contributed by atoms with E-state index in [1.54, 1.807) is 0 Å². The Labute approximate surface area is 85.2 Å². The fourth-order valence-corrected chi connectivity index (χ4v) is 3.31. The van der Waals surface area contributed by atoms with Gasteiger partial charge in [0.2, 0.25) is 0 Å². The van der Waals surface area contributed by atoms with Gasteiger partial charge in [0.15, 0.2) is 9.76 Å². The van der Waals surface area contributed by atoms with Crippen LogP contribution in [0.5, 0.6) is 0 Å². The number of hydrogen-bond donors (Lipinski definition) is 0. The van der Waals surface area contributed by atoms with Gasteiger partial charge in [0, 0.05) is 6.61 Å². The summed E-state index contributed by atoms with van der Waals surface area (Å²) in [5, 5.41) is 0. The van der Waals surface area contributed by atoms with Crippen molar-refractivity contribution in [1.29, 1.82) is 0 Å². The van der Waals surface area contributed by atoms with Gasteiger partial charge in [-0.3, -0.25) is 0 Å². The second-order valence-electron chi connectivity index (χ2n) is 4.20. The lowest BCUT2D eigenvalue weighted by Crippen LogP contribution is -1.98. The fraction of sp³-hybridized carbons (Fsp3) is 1.00. The van der Waals surface area contributed by atoms with Gasteiger partial charge in [0.05, 0.1) is 0 Å². The molecule has 1 aliphatic rings. The molecular formula is C11H24OSi. The molecule has 0 saturated heterocycles. The highest BCUT2D eigenvalue weighted by Gasteiger charge is 2.13. The van der Waals surface area contributed by atoms with Crippen molar-refractivity contribution in [1.82, 2.24) is 0 Å². The van der Waals surface area contributed by atoms with Crippen molar-refractivity contribution in [2.45, 2.75) is 57.9 Å². The normalized spacial score (nSPS) is 19.2. The van der Waals surface area contributed by atoms with Crippen LogP contribution in [0.15, 0.2) is 0 Å². The lowest BCUT2D eigenvalue weighted by atomic mass is 10.0. The zero-order chi connectivity index (χ0) is 9.36. The molecule has 0 heterocycles. The van der Waals surface area contributed by atoms with E-state index in [4.69, 9.17) is 4.43 Å². The van der Waals surface area contributed by atoms with Crippen molar-refractivity contribution in [3.05, 3.63) is 0 Å². The van der Waals surface area contributed by atoms with E-state index >= 15 is 0 Å². The SMILES string of the molecule is CCO[SiH2]CCCCC1CCCC1. The van der Waals surface area contributed by atoms with E-state index < -0.39 is 0 Å². The van der Waals surface area contributed by atoms with Gasteiger partial charge in [-0.1, -0.05) is 44.9 Å². The molecule has 0 N–H and O–H groups in total. The Hall–Kier alpha value is 0.177. The zero-order valence-electron chi connectivity index (χ0n) is 9.06. The second-order valence-corrected chi connectivity index (χ2v) is 5.72. The Morgan fingerprint density at radius 1 is 1.23 bits per heavy atom. The highest BCUT2D eigenvalue weighted by atomic mass is 28.2. The fourth-order valence-electron chi connectivity index (χ4n) is 2.26. The van der Waals surface area contributed by atoms with E-state index in [2.05, 4.69) is 6.92 Å². The Bertz CT molecular complexity index is 111. The highest BCUT2D eigenvalue weighted by Crippen LogP contribution is 2.29. The molecule has 1 nitrogen and oxygen atoms in total. The van der Waals surface area contributed by atoms with E-state index in [0.717, 1.165) is 12.5 Å². The average Bonchev–Trinajstić information content (AvgIpc) is 2.63. The van der Waals surface area contributed by atoms with Crippen molar-refractivity contribution < 1.29 is 4.43 Å². The summed E-state index contributed by atoms with van der Waals surface area (Å²) in [6.07, 6.45) is 10.4. The van der Waals surface area contributed by atoms with Crippen molar-refractivity contribution in [2.75, 3.05) is 6.61 Å². The summed E-state index contributed by atoms with van der Waals surface area (Å²) in [5.41, 5.74) is 0. The second kappa shape index (κ2) is 7.57. The Morgan fingerprint density at radius 3 is 2.69 bits per heavy atom. The number of hydrogen-bond acceptors (Lipinski definition) is 1. The van der Waals surface area contributed by atoms with Crippen LogP contribution in [0.1, 0.15) is 51.9 Å². The van der Waals surface area contributed by atoms with Gasteiger partial charge in [-0.2, -0.15) is 0 Å². The summed E-state index contributed by atoms with van der Waals surface area (Å²) in [4.78, 5) is 0. The summed E-state index contributed by atoms with van der Waals surface area (Å²) in [6, 6.07) is 1.40. The van der Waals surface area contributed by atoms with Crippen LogP contribution < -0.4 is 0 Å². The summed E-state index contributed by atoms with van der Waals surface area (Å²) < 4.78 is 5.44. The van der Waals surface area contributed by atoms with Gasteiger partial charge in [0.1, 0.15) is 0 Å². The van der Waals surface area contributed by atoms with E-state index in [1.807, 2.05) is 0 Å². The minimum atomic E-state index is -0.131. The molecule has 1 rings (SSSR count). The highest BCUT2D eigenvalue weighted by molar-refractivity contribution is 6.26. The predicted molar refractivity (Wildman–Crippen MR) is 60.8 cm³/mol. The molecule has 0 atom stereocenters. The molecule has 0 aromatic carbocycles. The number of unbranched alkanes of at least 4 members (excludes halogenated alkanes) is 1. The van der Waals surface area contributed by atoms with E-state index in [0.29, 0.717) is 0 Å². The van der Waals surface area contributed by atoms with Crippen LogP contribution >= 0.6 is 0 Å². The van der Waals surface area contributed by atoms with Gasteiger partial charge in [-0.25, -0.2) is 0 Å². The van der Waals surface area contributed by atoms with Crippen LogP contribution in [0.3, 0.4) is 0 Å². The van der Waals surface area contributed by atoms with Gasteiger partial charge < -0.3 is 4.43 Å². The van der Waals surface area contributed by atoms with Crippen LogP contribution in [-0.4, -0.2) is 16.4 Å². The summed E-state index contributed by atoms with van der Waals surface area (Å²) in [5.74, 6) is 1.09. The Morgan fingerprint density at radius 2 is 2.00 bits per heavy atom. The molecule has 2 heteroatoms. The molecule has 0 unspecified atom stereocenters. The van der Waals surface area contributed by atoms with Crippen LogP contribution in [0.4, 0.5) is 0 Å². The van der Waals surface area contributed by atoms with E-state index in [9.17, 15) is 0 Å². The van der Waals surface area contributed by atoms with E-state index in [-0.39, 0.29) is 9.76 Å². The van der Waals surface area contributed by atoms with E-state index in [1.165, 1.54) is 51.0 Å². The van der Waals surface area contributed by atoms with Crippen LogP contribution in [-0.2, 0) is 4.43 Å². The van der Waals surface area contributed by atoms with Gasteiger partial charge in [-0.15, -0.1) is 0 Å². The first-order chi connectivity index (χ1) is 6.43. The molecule has 0 spiro atoms. The monoisotopic (exact) mass is 200 g/mol. The lowest BCUT2D eigenvalue weighted by molar-refractivity contribution is 0.358. The molecule has 0 aliphatic heterocycles. The summed E-state index contributed by atoms with van der Waals surface area (Å²) >= 11 is 0. The molecule has 13 heavy (non-hydrogen) atoms. The summed E-state index contributed by atoms with van der Waals surface area (Å²) in [7, 11) is -0.131. The standard InChI is InChI=1S/C11H24OSi/c1-2-12-13-10-6-5-9-11-7-3-4-8-11/h11H,2-10,13H2,1H3. The summed E-state index contributed by atoms with van der Waals surface area (Å²) in [6.45, 7) is 3.04. The van der Waals surface area contributed by atoms with Crippen molar-refractivity contribution >= 4 is 9.76 Å². The third-order valence-corrected chi connectivity index (χ3v) is 4.57. The van der Waals surface area contributed by atoms with Crippen molar-refractivity contribution in [3.63, 3.8) is 0 Å². The average molecular weight is 200 g/mol. The third kappa shape index (κ3) is 5.48. The maximum atomic E-state index is 5.44. The smallest absolute Gasteiger partial charge is 0.161 e. The largest absolute Gasteiger partial charge is 0.424 e. The van der Waals surface area contributed by atoms with Crippen LogP contribution in [0, 0.1) is 5.92 Å². The first-order valence-electron chi connectivity index (χ1n) is 6.01. The van der Waals surface area contributed by atoms with Crippen molar-refractivity contribution in [2.24, 2.45) is 5.92 Å². The Kier molecular flexibility index (Phi) is 6.55. The van der Waals surface area contributed by atoms with Gasteiger partial charge >= 0.3 is 0 Å². The number of rotatable bonds is 7. The molecular weight excluding hydrogens is 176 g/mol. The maximum Gasteiger partial charge on any atom is 0.161 e. The molecule has 1 saturated carbocycles. The zero-order valence-corrected chi connectivity index (χ0v) is 10.5. The van der Waals surface area contributed by atoms with Gasteiger partial charge in [-0.05, 0) is 18.9 Å². The molecule has 1 aliphatic carbocycles. The predicted octanol–water partition coefficient (Wildman–Crippen LogP) is 2.89. The van der Waals surface area contributed by atoms with Gasteiger partial charge in [0.25, 0.3) is 0 Å². The van der Waals surface area contributed by atoms with Crippen molar-refractivity contribution in [3.8, 4) is 0 Å². The quantitative estimate of drug-likeness (QED) is 0.453. The molecule has 0 amide bonds. The van der Waals surface area contributed by atoms with Crippen LogP contribution in [0.25, 0.3) is 0 Å². The minimum absolute atomic E-state index is 0.131. The molecule has 0 bridgehead atoms. The Balaban J connectivity index is 1.78. The molecule has 1 fully saturated rings. The first kappa shape index (κ1) is 11.3. The third-order valence-electron chi connectivity index (χ3n) is 3.08. The maximum absolute atomic E-state index is 5.44. The topological polar surface area (TPSA) is 9.23 Å². The minimum Gasteiger partial charge on any atom is -0.424 e. The molecule has 0 aromatic rings. The molecule has 0 radical (unpaired) electrons. The molecule has 78 valence electrons. The first-order valence-corrected chi connectivity index (χ1v) is 7.59. The van der Waals surface area contributed by atoms with Crippen LogP contribution in [0.2, 0.25) is 6.04 Å².